The maximum atomic E-state index is 12.9. The van der Waals surface area contributed by atoms with Gasteiger partial charge < -0.3 is 9.47 Å². The topological polar surface area (TPSA) is 86.7 Å². The molecule has 0 fully saturated rings. The molecule has 6 aromatic carbocycles. The molecule has 0 aromatic heterocycles. The van der Waals surface area contributed by atoms with Gasteiger partial charge in [-0.25, -0.2) is 16.8 Å². The van der Waals surface area contributed by atoms with Crippen molar-refractivity contribution >= 4 is 19.7 Å². The third kappa shape index (κ3) is 6.84. The van der Waals surface area contributed by atoms with Crippen molar-refractivity contribution in [2.75, 3.05) is 0 Å². The van der Waals surface area contributed by atoms with Crippen LogP contribution in [0.1, 0.15) is 25.0 Å². The molecule has 0 aliphatic rings. The molecule has 0 radical (unpaired) electrons. The molecule has 0 atom stereocenters. The number of hydrogen-bond acceptors (Lipinski definition) is 6. The van der Waals surface area contributed by atoms with Gasteiger partial charge in [0.05, 0.1) is 19.6 Å². The minimum Gasteiger partial charge on any atom is -0.457 e. The zero-order chi connectivity index (χ0) is 33.1. The smallest absolute Gasteiger partial charge is 0.206 e. The molecule has 47 heavy (non-hydrogen) atoms. The molecule has 0 aliphatic heterocycles. The van der Waals surface area contributed by atoms with E-state index in [4.69, 9.17) is 9.47 Å². The average molecular weight is 661 g/mol. The molecule has 0 bridgehead atoms. The number of ether oxygens (including phenoxy) is 2. The zero-order valence-electron chi connectivity index (χ0n) is 25.8. The Morgan fingerprint density at radius 2 is 0.617 bits per heavy atom. The van der Waals surface area contributed by atoms with E-state index in [0.29, 0.717) is 23.0 Å². The lowest BCUT2D eigenvalue weighted by Crippen LogP contribution is -2.18. The fourth-order valence-corrected chi connectivity index (χ4v) is 7.73. The standard InChI is InChI=1S/C39H32O6S2/c1-39(2,29-13-17-31(18-14-29)44-33-21-25-37(26-22-33)46(40,41)35-9-5-3-6-10-35)30-15-19-32(20-16-30)45-34-23-27-38(28-24-34)47(42,43)36-11-7-4-8-12-36/h3-28H,1-2H3. The molecular weight excluding hydrogens is 629 g/mol. The molecule has 0 saturated carbocycles. The van der Waals surface area contributed by atoms with Crippen LogP contribution in [-0.4, -0.2) is 16.8 Å². The van der Waals surface area contributed by atoms with Crippen molar-refractivity contribution < 1.29 is 26.3 Å². The average Bonchev–Trinajstić information content (AvgIpc) is 3.10. The highest BCUT2D eigenvalue weighted by molar-refractivity contribution is 7.91. The van der Waals surface area contributed by atoms with Crippen LogP contribution in [0.4, 0.5) is 0 Å². The summed E-state index contributed by atoms with van der Waals surface area (Å²) in [6.45, 7) is 4.27. The van der Waals surface area contributed by atoms with Crippen molar-refractivity contribution in [1.29, 1.82) is 0 Å². The first-order valence-electron chi connectivity index (χ1n) is 14.9. The molecule has 0 unspecified atom stereocenters. The van der Waals surface area contributed by atoms with Gasteiger partial charge in [-0.1, -0.05) is 74.5 Å². The van der Waals surface area contributed by atoms with Crippen molar-refractivity contribution in [3.8, 4) is 23.0 Å². The first kappa shape index (κ1) is 31.8. The van der Waals surface area contributed by atoms with Gasteiger partial charge in [-0.05, 0) is 108 Å². The summed E-state index contributed by atoms with van der Waals surface area (Å²) in [6.07, 6.45) is 0. The summed E-state index contributed by atoms with van der Waals surface area (Å²) in [7, 11) is -7.19. The van der Waals surface area contributed by atoms with Crippen LogP contribution >= 0.6 is 0 Å². The van der Waals surface area contributed by atoms with Crippen LogP contribution in [0.5, 0.6) is 23.0 Å². The van der Waals surface area contributed by atoms with E-state index in [1.54, 1.807) is 109 Å². The fraction of sp³-hybridized carbons (Fsp3) is 0.0769. The van der Waals surface area contributed by atoms with Crippen LogP contribution < -0.4 is 9.47 Å². The third-order valence-electron chi connectivity index (χ3n) is 8.00. The normalized spacial score (nSPS) is 12.0. The highest BCUT2D eigenvalue weighted by atomic mass is 32.2. The Bertz CT molecular complexity index is 2020. The molecule has 0 aliphatic carbocycles. The molecule has 0 heterocycles. The van der Waals surface area contributed by atoms with Crippen molar-refractivity contribution in [2.24, 2.45) is 0 Å². The lowest BCUT2D eigenvalue weighted by molar-refractivity contribution is 0.480. The number of sulfone groups is 2. The Morgan fingerprint density at radius 1 is 0.362 bits per heavy atom. The van der Waals surface area contributed by atoms with Gasteiger partial charge in [-0.15, -0.1) is 0 Å². The maximum Gasteiger partial charge on any atom is 0.206 e. The summed E-state index contributed by atoms with van der Waals surface area (Å²) in [4.78, 5) is 0.907. The Labute approximate surface area is 275 Å². The van der Waals surface area contributed by atoms with E-state index < -0.39 is 19.7 Å². The minimum atomic E-state index is -3.59. The quantitative estimate of drug-likeness (QED) is 0.146. The van der Waals surface area contributed by atoms with Crippen molar-refractivity contribution in [2.45, 2.75) is 38.8 Å². The van der Waals surface area contributed by atoms with Gasteiger partial charge in [0, 0.05) is 5.41 Å². The van der Waals surface area contributed by atoms with E-state index in [2.05, 4.69) is 13.8 Å². The van der Waals surface area contributed by atoms with E-state index >= 15 is 0 Å². The van der Waals surface area contributed by atoms with E-state index in [0.717, 1.165) is 11.1 Å². The van der Waals surface area contributed by atoms with Crippen LogP contribution in [0.2, 0.25) is 0 Å². The first-order chi connectivity index (χ1) is 22.5. The van der Waals surface area contributed by atoms with Crippen molar-refractivity contribution in [1.82, 2.24) is 0 Å². The predicted octanol–water partition coefficient (Wildman–Crippen LogP) is 9.26. The third-order valence-corrected chi connectivity index (χ3v) is 11.6. The fourth-order valence-electron chi connectivity index (χ4n) is 5.16. The van der Waals surface area contributed by atoms with E-state index in [9.17, 15) is 16.8 Å². The van der Waals surface area contributed by atoms with Crippen LogP contribution in [0.25, 0.3) is 0 Å². The van der Waals surface area contributed by atoms with Crippen LogP contribution in [0.3, 0.4) is 0 Å². The maximum absolute atomic E-state index is 12.9. The lowest BCUT2D eigenvalue weighted by Gasteiger charge is -2.26. The number of rotatable bonds is 10. The first-order valence-corrected chi connectivity index (χ1v) is 17.9. The Hall–Kier alpha value is -5.18. The van der Waals surface area contributed by atoms with Gasteiger partial charge in [-0.2, -0.15) is 0 Å². The van der Waals surface area contributed by atoms with Crippen LogP contribution in [-0.2, 0) is 25.1 Å². The molecular formula is C39H32O6S2. The van der Waals surface area contributed by atoms with Gasteiger partial charge in [0.15, 0.2) is 0 Å². The Balaban J connectivity index is 1.09. The van der Waals surface area contributed by atoms with Gasteiger partial charge >= 0.3 is 0 Å². The van der Waals surface area contributed by atoms with Gasteiger partial charge in [0.25, 0.3) is 0 Å². The molecule has 236 valence electrons. The highest BCUT2D eigenvalue weighted by Crippen LogP contribution is 2.35. The Morgan fingerprint density at radius 3 is 0.915 bits per heavy atom. The summed E-state index contributed by atoms with van der Waals surface area (Å²) in [5.74, 6) is 2.34. The largest absolute Gasteiger partial charge is 0.457 e. The predicted molar refractivity (Wildman–Crippen MR) is 182 cm³/mol. The summed E-state index contributed by atoms with van der Waals surface area (Å²) in [5.41, 5.74) is 1.84. The molecule has 0 N–H and O–H groups in total. The molecule has 6 rings (SSSR count). The van der Waals surface area contributed by atoms with Gasteiger partial charge in [0.2, 0.25) is 19.7 Å². The number of hydrogen-bond donors (Lipinski definition) is 0. The van der Waals surface area contributed by atoms with Crippen molar-refractivity contribution in [3.05, 3.63) is 169 Å². The SMILES string of the molecule is CC(C)(c1ccc(Oc2ccc(S(=O)(=O)c3ccccc3)cc2)cc1)c1ccc(Oc2ccc(S(=O)(=O)c3ccccc3)cc2)cc1. The van der Waals surface area contributed by atoms with E-state index in [1.807, 2.05) is 48.5 Å². The van der Waals surface area contributed by atoms with E-state index in [1.165, 1.54) is 0 Å². The number of benzene rings is 6. The summed E-state index contributed by atoms with van der Waals surface area (Å²) in [5, 5.41) is 0. The second-order valence-corrected chi connectivity index (χ2v) is 15.4. The van der Waals surface area contributed by atoms with Gasteiger partial charge in [-0.3, -0.25) is 0 Å². The van der Waals surface area contributed by atoms with E-state index in [-0.39, 0.29) is 25.0 Å². The molecule has 8 heteroatoms. The monoisotopic (exact) mass is 660 g/mol. The van der Waals surface area contributed by atoms with Crippen LogP contribution in [0, 0.1) is 0 Å². The lowest BCUT2D eigenvalue weighted by atomic mass is 9.78. The zero-order valence-corrected chi connectivity index (χ0v) is 27.4. The molecule has 0 saturated heterocycles. The molecule has 0 spiro atoms. The summed E-state index contributed by atoms with van der Waals surface area (Å²) >= 11 is 0. The molecule has 6 nitrogen and oxygen atoms in total. The molecule has 6 aromatic rings. The summed E-state index contributed by atoms with van der Waals surface area (Å²) < 4.78 is 63.5. The van der Waals surface area contributed by atoms with Crippen LogP contribution in [0.15, 0.2) is 177 Å². The highest BCUT2D eigenvalue weighted by Gasteiger charge is 2.24. The second-order valence-electron chi connectivity index (χ2n) is 11.5. The second kappa shape index (κ2) is 12.9. The van der Waals surface area contributed by atoms with Gasteiger partial charge in [0.1, 0.15) is 23.0 Å². The summed E-state index contributed by atoms with van der Waals surface area (Å²) in [6, 6.07) is 45.1. The minimum absolute atomic E-state index is 0.205. The molecule has 0 amide bonds. The Kier molecular flexibility index (Phi) is 8.73. The van der Waals surface area contributed by atoms with Crippen molar-refractivity contribution in [3.63, 3.8) is 0 Å².